The van der Waals surface area contributed by atoms with Crippen LogP contribution in [0.25, 0.3) is 0 Å². The molecule has 1 aliphatic rings. The lowest BCUT2D eigenvalue weighted by Crippen LogP contribution is -2.34. The normalized spacial score (nSPS) is 17.9. The molecule has 1 fully saturated rings. The molecule has 0 bridgehead atoms. The Morgan fingerprint density at radius 3 is 2.83 bits per heavy atom. The number of nitrogens with one attached hydrogen (secondary N) is 1. The van der Waals surface area contributed by atoms with Gasteiger partial charge in [-0.3, -0.25) is 9.59 Å². The molecule has 1 aromatic carbocycles. The average Bonchev–Trinajstić information content (AvgIpc) is 2.83. The lowest BCUT2D eigenvalue weighted by Gasteiger charge is -2.19. The Balaban J connectivity index is 2.01. The molecule has 1 aromatic rings. The van der Waals surface area contributed by atoms with Gasteiger partial charge in [0.05, 0.1) is 17.3 Å². The molecule has 1 saturated heterocycles. The van der Waals surface area contributed by atoms with Gasteiger partial charge in [0.1, 0.15) is 0 Å². The smallest absolute Gasteiger partial charge is 0.229 e. The van der Waals surface area contributed by atoms with Crippen LogP contribution in [-0.2, 0) is 9.59 Å². The van der Waals surface area contributed by atoms with Crippen molar-refractivity contribution >= 4 is 39.1 Å². The summed E-state index contributed by atoms with van der Waals surface area (Å²) in [5.74, 6) is -0.455. The van der Waals surface area contributed by atoms with Crippen molar-refractivity contribution in [2.45, 2.75) is 13.3 Å². The number of carbonyl (C=O) groups is 2. The van der Waals surface area contributed by atoms with Crippen LogP contribution in [0.5, 0.6) is 0 Å². The molecule has 0 aliphatic carbocycles. The Bertz CT molecular complexity index is 618. The van der Waals surface area contributed by atoms with Crippen molar-refractivity contribution in [2.75, 3.05) is 44.8 Å². The van der Waals surface area contributed by atoms with Crippen LogP contribution in [0.2, 0.25) is 0 Å². The first-order valence-electron chi connectivity index (χ1n) is 7.57. The number of hydrogen-bond acceptors (Lipinski definition) is 4. The third-order valence-corrected chi connectivity index (χ3v) is 4.47. The number of nitrogen functional groups attached to an aromatic ring is 1. The average molecular weight is 383 g/mol. The molecule has 3 N–H and O–H groups in total. The maximum atomic E-state index is 12.4. The second kappa shape index (κ2) is 7.31. The number of amides is 2. The molecule has 0 radical (unpaired) electrons. The van der Waals surface area contributed by atoms with Crippen LogP contribution >= 0.6 is 15.9 Å². The summed E-state index contributed by atoms with van der Waals surface area (Å²) in [4.78, 5) is 28.2. The Labute approximate surface area is 145 Å². The zero-order chi connectivity index (χ0) is 17.1. The van der Waals surface area contributed by atoms with Gasteiger partial charge < -0.3 is 20.9 Å². The van der Waals surface area contributed by atoms with E-state index >= 15 is 0 Å². The number of aryl methyl sites for hydroxylation is 1. The maximum absolute atomic E-state index is 12.4. The molecule has 2 amide bonds. The number of likely N-dealkylation sites (N-methyl/N-ethyl adjacent to an activating group) is 1. The second-order valence-electron chi connectivity index (χ2n) is 6.22. The molecule has 126 valence electrons. The number of rotatable bonds is 5. The summed E-state index contributed by atoms with van der Waals surface area (Å²) in [5.41, 5.74) is 8.04. The molecule has 6 nitrogen and oxygen atoms in total. The van der Waals surface area contributed by atoms with E-state index in [-0.39, 0.29) is 24.2 Å². The molecule has 1 aliphatic heterocycles. The van der Waals surface area contributed by atoms with E-state index in [0.29, 0.717) is 24.5 Å². The van der Waals surface area contributed by atoms with Crippen LogP contribution < -0.4 is 11.1 Å². The molecular formula is C16H23BrN4O2. The van der Waals surface area contributed by atoms with Crippen LogP contribution in [0.15, 0.2) is 16.6 Å². The number of nitrogens with two attached hydrogens (primary N) is 1. The standard InChI is InChI=1S/C16H23BrN4O2/c1-10-6-12(17)8-13(15(10)18)19-16(23)11-7-14(22)21(9-11)5-4-20(2)3/h6,8,11H,4-5,7,9,18H2,1-3H3,(H,19,23). The summed E-state index contributed by atoms with van der Waals surface area (Å²) in [6.07, 6.45) is 0.256. The first kappa shape index (κ1) is 17.7. The summed E-state index contributed by atoms with van der Waals surface area (Å²) in [5, 5.41) is 2.86. The summed E-state index contributed by atoms with van der Waals surface area (Å²) in [7, 11) is 3.92. The van der Waals surface area contributed by atoms with Gasteiger partial charge in [0.25, 0.3) is 0 Å². The first-order chi connectivity index (χ1) is 10.8. The van der Waals surface area contributed by atoms with Gasteiger partial charge in [-0.25, -0.2) is 0 Å². The third kappa shape index (κ3) is 4.45. The molecular weight excluding hydrogens is 360 g/mol. The Morgan fingerprint density at radius 2 is 2.17 bits per heavy atom. The molecule has 1 atom stereocenters. The van der Waals surface area contributed by atoms with Gasteiger partial charge in [-0.2, -0.15) is 0 Å². The first-order valence-corrected chi connectivity index (χ1v) is 8.36. The predicted octanol–water partition coefficient (Wildman–Crippen LogP) is 1.69. The molecule has 0 aromatic heterocycles. The van der Waals surface area contributed by atoms with E-state index in [1.807, 2.05) is 32.0 Å². The highest BCUT2D eigenvalue weighted by molar-refractivity contribution is 9.10. The summed E-state index contributed by atoms with van der Waals surface area (Å²) in [6, 6.07) is 3.67. The van der Waals surface area contributed by atoms with Gasteiger partial charge in [-0.1, -0.05) is 15.9 Å². The fraction of sp³-hybridized carbons (Fsp3) is 0.500. The second-order valence-corrected chi connectivity index (χ2v) is 7.13. The zero-order valence-corrected chi connectivity index (χ0v) is 15.3. The maximum Gasteiger partial charge on any atom is 0.229 e. The zero-order valence-electron chi connectivity index (χ0n) is 13.7. The highest BCUT2D eigenvalue weighted by Gasteiger charge is 2.34. The Morgan fingerprint density at radius 1 is 1.48 bits per heavy atom. The van der Waals surface area contributed by atoms with Crippen LogP contribution in [0.4, 0.5) is 11.4 Å². The number of anilines is 2. The highest BCUT2D eigenvalue weighted by atomic mass is 79.9. The van der Waals surface area contributed by atoms with Crippen molar-refractivity contribution in [2.24, 2.45) is 5.92 Å². The van der Waals surface area contributed by atoms with E-state index in [4.69, 9.17) is 5.73 Å². The van der Waals surface area contributed by atoms with Gasteiger partial charge >= 0.3 is 0 Å². The molecule has 23 heavy (non-hydrogen) atoms. The van der Waals surface area contributed by atoms with Crippen LogP contribution in [0.1, 0.15) is 12.0 Å². The van der Waals surface area contributed by atoms with Crippen molar-refractivity contribution in [3.63, 3.8) is 0 Å². The molecule has 1 heterocycles. The minimum atomic E-state index is -0.330. The molecule has 1 unspecified atom stereocenters. The number of halogens is 1. The van der Waals surface area contributed by atoms with Crippen molar-refractivity contribution in [1.29, 1.82) is 0 Å². The molecule has 0 spiro atoms. The topological polar surface area (TPSA) is 78.7 Å². The van der Waals surface area contributed by atoms with E-state index in [0.717, 1.165) is 16.6 Å². The van der Waals surface area contributed by atoms with E-state index in [9.17, 15) is 9.59 Å². The quantitative estimate of drug-likeness (QED) is 0.759. The van der Waals surface area contributed by atoms with E-state index in [2.05, 4.69) is 21.2 Å². The fourth-order valence-electron chi connectivity index (χ4n) is 2.58. The van der Waals surface area contributed by atoms with Gasteiger partial charge in [0.15, 0.2) is 0 Å². The van der Waals surface area contributed by atoms with Crippen molar-refractivity contribution < 1.29 is 9.59 Å². The lowest BCUT2D eigenvalue weighted by atomic mass is 10.1. The summed E-state index contributed by atoms with van der Waals surface area (Å²) >= 11 is 3.40. The predicted molar refractivity (Wildman–Crippen MR) is 95.2 cm³/mol. The largest absolute Gasteiger partial charge is 0.397 e. The number of hydrogen-bond donors (Lipinski definition) is 2. The Hall–Kier alpha value is -1.60. The minimum Gasteiger partial charge on any atom is -0.397 e. The van der Waals surface area contributed by atoms with E-state index < -0.39 is 0 Å². The molecule has 7 heteroatoms. The lowest BCUT2D eigenvalue weighted by molar-refractivity contribution is -0.128. The van der Waals surface area contributed by atoms with E-state index in [1.54, 1.807) is 11.0 Å². The molecule has 2 rings (SSSR count). The van der Waals surface area contributed by atoms with Gasteiger partial charge in [0.2, 0.25) is 11.8 Å². The van der Waals surface area contributed by atoms with Crippen molar-refractivity contribution in [3.05, 3.63) is 22.2 Å². The minimum absolute atomic E-state index is 0.0328. The Kier molecular flexibility index (Phi) is 5.64. The third-order valence-electron chi connectivity index (χ3n) is 4.01. The molecule has 0 saturated carbocycles. The van der Waals surface area contributed by atoms with Gasteiger partial charge in [0, 0.05) is 30.5 Å². The van der Waals surface area contributed by atoms with Crippen molar-refractivity contribution in [1.82, 2.24) is 9.80 Å². The number of benzene rings is 1. The summed E-state index contributed by atoms with van der Waals surface area (Å²) in [6.45, 7) is 3.79. The van der Waals surface area contributed by atoms with Crippen LogP contribution in [0.3, 0.4) is 0 Å². The number of nitrogens with zero attached hydrogens (tertiary/aromatic N) is 2. The SMILES string of the molecule is Cc1cc(Br)cc(NC(=O)C2CC(=O)N(CCN(C)C)C2)c1N. The van der Waals surface area contributed by atoms with E-state index in [1.165, 1.54) is 0 Å². The monoisotopic (exact) mass is 382 g/mol. The highest BCUT2D eigenvalue weighted by Crippen LogP contribution is 2.29. The van der Waals surface area contributed by atoms with Gasteiger partial charge in [-0.15, -0.1) is 0 Å². The number of carbonyl (C=O) groups excluding carboxylic acids is 2. The van der Waals surface area contributed by atoms with Gasteiger partial charge in [-0.05, 0) is 38.7 Å². The number of likely N-dealkylation sites (tertiary alicyclic amines) is 1. The summed E-state index contributed by atoms with van der Waals surface area (Å²) < 4.78 is 0.856. The van der Waals surface area contributed by atoms with Crippen LogP contribution in [0, 0.1) is 12.8 Å². The van der Waals surface area contributed by atoms with Crippen LogP contribution in [-0.4, -0.2) is 55.3 Å². The fourth-order valence-corrected chi connectivity index (χ4v) is 3.15. The van der Waals surface area contributed by atoms with Crippen molar-refractivity contribution in [3.8, 4) is 0 Å².